The van der Waals surface area contributed by atoms with Crippen LogP contribution in [0.15, 0.2) is 30.3 Å². The Labute approximate surface area is 127 Å². The fraction of sp³-hybridized carbons (Fsp3) is 0.467. The van der Waals surface area contributed by atoms with E-state index in [0.29, 0.717) is 6.54 Å². The quantitative estimate of drug-likeness (QED) is 0.767. The van der Waals surface area contributed by atoms with Crippen LogP contribution >= 0.6 is 0 Å². The van der Waals surface area contributed by atoms with Crippen LogP contribution in [0.1, 0.15) is 5.56 Å². The van der Waals surface area contributed by atoms with Gasteiger partial charge in [0.05, 0.1) is 19.8 Å². The summed E-state index contributed by atoms with van der Waals surface area (Å²) in [6.07, 6.45) is -2.86. The molecule has 1 amide bonds. The Bertz CT molecular complexity index is 562. The molecule has 0 spiro atoms. The van der Waals surface area contributed by atoms with Gasteiger partial charge < -0.3 is 24.2 Å². The number of amides is 1. The van der Waals surface area contributed by atoms with E-state index in [1.165, 1.54) is 12.0 Å². The normalized spacial score (nSPS) is 30.5. The summed E-state index contributed by atoms with van der Waals surface area (Å²) in [7, 11) is 1.24. The first-order valence-corrected chi connectivity index (χ1v) is 6.99. The van der Waals surface area contributed by atoms with E-state index < -0.39 is 36.4 Å². The maximum Gasteiger partial charge on any atom is 0.337 e. The molecule has 1 N–H and O–H groups in total. The van der Waals surface area contributed by atoms with Gasteiger partial charge in [-0.15, -0.1) is 0 Å². The van der Waals surface area contributed by atoms with Crippen molar-refractivity contribution in [2.24, 2.45) is 0 Å². The van der Waals surface area contributed by atoms with Gasteiger partial charge in [-0.05, 0) is 5.56 Å². The van der Waals surface area contributed by atoms with Gasteiger partial charge in [-0.25, -0.2) is 4.79 Å². The lowest BCUT2D eigenvalue weighted by atomic mass is 10.0. The lowest BCUT2D eigenvalue weighted by Gasteiger charge is -2.38. The summed E-state index contributed by atoms with van der Waals surface area (Å²) in [6, 6.07) is 8.74. The third-order valence-corrected chi connectivity index (χ3v) is 3.93. The molecule has 2 aliphatic heterocycles. The van der Waals surface area contributed by atoms with Gasteiger partial charge in [0, 0.05) is 6.54 Å². The number of aliphatic hydroxyl groups is 1. The molecular weight excluding hydrogens is 290 g/mol. The molecular formula is C15H17NO6. The Hall–Kier alpha value is -1.96. The molecule has 0 aliphatic carbocycles. The molecule has 2 aliphatic rings. The maximum atomic E-state index is 12.4. The fourth-order valence-corrected chi connectivity index (χ4v) is 2.83. The zero-order valence-electron chi connectivity index (χ0n) is 12.0. The zero-order chi connectivity index (χ0) is 15.7. The zero-order valence-corrected chi connectivity index (χ0v) is 12.0. The third kappa shape index (κ3) is 2.47. The van der Waals surface area contributed by atoms with Gasteiger partial charge in [0.25, 0.3) is 5.91 Å². The first-order chi connectivity index (χ1) is 10.7. The van der Waals surface area contributed by atoms with Crippen LogP contribution in [0.3, 0.4) is 0 Å². The number of morpholine rings is 1. The van der Waals surface area contributed by atoms with E-state index in [4.69, 9.17) is 9.47 Å². The number of rotatable bonds is 4. The smallest absolute Gasteiger partial charge is 0.337 e. The van der Waals surface area contributed by atoms with Crippen LogP contribution in [0.2, 0.25) is 0 Å². The number of carbonyl (C=O) groups excluding carboxylic acids is 2. The van der Waals surface area contributed by atoms with E-state index in [2.05, 4.69) is 4.74 Å². The summed E-state index contributed by atoms with van der Waals surface area (Å²) >= 11 is 0. The second-order valence-corrected chi connectivity index (χ2v) is 5.21. The van der Waals surface area contributed by atoms with E-state index in [9.17, 15) is 14.7 Å². The number of benzene rings is 1. The predicted octanol–water partition coefficient (Wildman–Crippen LogP) is -0.327. The van der Waals surface area contributed by atoms with Crippen LogP contribution < -0.4 is 0 Å². The number of hydrogen-bond donors (Lipinski definition) is 1. The number of nitrogens with zero attached hydrogens (tertiary/aromatic N) is 1. The van der Waals surface area contributed by atoms with Gasteiger partial charge in [0.2, 0.25) is 6.29 Å². The molecule has 0 saturated carbocycles. The van der Waals surface area contributed by atoms with Crippen molar-refractivity contribution < 1.29 is 28.9 Å². The number of fused-ring (bicyclic) bond motifs is 2. The van der Waals surface area contributed by atoms with Crippen LogP contribution in [0.25, 0.3) is 0 Å². The SMILES string of the molecule is COC(=O)[C@@H]1O[C@H]2O[C@H]1[C@@H](CO)N(Cc1ccccc1)C2=O. The minimum absolute atomic E-state index is 0.318. The average molecular weight is 307 g/mol. The summed E-state index contributed by atoms with van der Waals surface area (Å²) in [5, 5.41) is 9.67. The van der Waals surface area contributed by atoms with Crippen molar-refractivity contribution in [1.82, 2.24) is 4.90 Å². The molecule has 22 heavy (non-hydrogen) atoms. The summed E-state index contributed by atoms with van der Waals surface area (Å²) in [5.41, 5.74) is 0.921. The molecule has 118 valence electrons. The topological polar surface area (TPSA) is 85.3 Å². The van der Waals surface area contributed by atoms with E-state index in [1.807, 2.05) is 30.3 Å². The summed E-state index contributed by atoms with van der Waals surface area (Å²) in [6.45, 7) is -0.00860. The highest BCUT2D eigenvalue weighted by Gasteiger charge is 2.55. The molecule has 0 unspecified atom stereocenters. The molecule has 2 bridgehead atoms. The van der Waals surface area contributed by atoms with Crippen LogP contribution in [0.4, 0.5) is 0 Å². The molecule has 2 heterocycles. The van der Waals surface area contributed by atoms with Crippen molar-refractivity contribution in [2.75, 3.05) is 13.7 Å². The van der Waals surface area contributed by atoms with Crippen LogP contribution in [-0.4, -0.2) is 60.1 Å². The Balaban J connectivity index is 1.85. The lowest BCUT2D eigenvalue weighted by molar-refractivity contribution is -0.181. The van der Waals surface area contributed by atoms with Gasteiger partial charge in [-0.3, -0.25) is 4.79 Å². The second kappa shape index (κ2) is 6.04. The molecule has 4 atom stereocenters. The summed E-state index contributed by atoms with van der Waals surface area (Å²) < 4.78 is 15.5. The Morgan fingerprint density at radius 2 is 2.05 bits per heavy atom. The first-order valence-electron chi connectivity index (χ1n) is 6.99. The van der Waals surface area contributed by atoms with E-state index >= 15 is 0 Å². The van der Waals surface area contributed by atoms with E-state index in [1.54, 1.807) is 0 Å². The summed E-state index contributed by atoms with van der Waals surface area (Å²) in [4.78, 5) is 25.7. The number of aliphatic hydroxyl groups excluding tert-OH is 1. The van der Waals surface area contributed by atoms with Crippen molar-refractivity contribution in [3.63, 3.8) is 0 Å². The van der Waals surface area contributed by atoms with E-state index in [-0.39, 0.29) is 6.61 Å². The highest BCUT2D eigenvalue weighted by molar-refractivity contribution is 5.84. The molecule has 1 aromatic rings. The molecule has 2 fully saturated rings. The highest BCUT2D eigenvalue weighted by atomic mass is 16.8. The number of methoxy groups -OCH3 is 1. The molecule has 0 radical (unpaired) electrons. The standard InChI is InChI=1S/C15H17NO6/c1-20-14(19)12-11-10(8-17)16(13(18)15(21-11)22-12)7-9-5-3-2-4-6-9/h2-6,10-12,15,17H,7-8H2,1H3/t10-,11+,12-,15-/m1/s1. The van der Waals surface area contributed by atoms with Crippen molar-refractivity contribution in [3.05, 3.63) is 35.9 Å². The van der Waals surface area contributed by atoms with Crippen LogP contribution in [-0.2, 0) is 30.3 Å². The van der Waals surface area contributed by atoms with Crippen molar-refractivity contribution >= 4 is 11.9 Å². The van der Waals surface area contributed by atoms with Gasteiger partial charge in [-0.2, -0.15) is 0 Å². The lowest BCUT2D eigenvalue weighted by Crippen LogP contribution is -2.57. The highest BCUT2D eigenvalue weighted by Crippen LogP contribution is 2.32. The van der Waals surface area contributed by atoms with Crippen molar-refractivity contribution in [1.29, 1.82) is 0 Å². The Kier molecular flexibility index (Phi) is 4.10. The summed E-state index contributed by atoms with van der Waals surface area (Å²) in [5.74, 6) is -1.01. The van der Waals surface area contributed by atoms with Gasteiger partial charge in [0.15, 0.2) is 6.10 Å². The van der Waals surface area contributed by atoms with Crippen molar-refractivity contribution in [3.8, 4) is 0 Å². The number of hydrogen-bond acceptors (Lipinski definition) is 6. The number of carbonyl (C=O) groups is 2. The Morgan fingerprint density at radius 1 is 1.32 bits per heavy atom. The predicted molar refractivity (Wildman–Crippen MR) is 73.4 cm³/mol. The average Bonchev–Trinajstić information content (AvgIpc) is 2.95. The number of ether oxygens (including phenoxy) is 3. The molecule has 7 heteroatoms. The molecule has 7 nitrogen and oxygen atoms in total. The largest absolute Gasteiger partial charge is 0.467 e. The minimum Gasteiger partial charge on any atom is -0.467 e. The van der Waals surface area contributed by atoms with Gasteiger partial charge in [0.1, 0.15) is 6.10 Å². The third-order valence-electron chi connectivity index (χ3n) is 3.93. The van der Waals surface area contributed by atoms with Crippen molar-refractivity contribution in [2.45, 2.75) is 31.1 Å². The maximum absolute atomic E-state index is 12.4. The second-order valence-electron chi connectivity index (χ2n) is 5.21. The molecule has 0 aromatic heterocycles. The molecule has 3 rings (SSSR count). The fourth-order valence-electron chi connectivity index (χ4n) is 2.83. The minimum atomic E-state index is -1.12. The Morgan fingerprint density at radius 3 is 2.68 bits per heavy atom. The van der Waals surface area contributed by atoms with Crippen LogP contribution in [0, 0.1) is 0 Å². The molecule has 2 saturated heterocycles. The number of esters is 1. The van der Waals surface area contributed by atoms with Crippen LogP contribution in [0.5, 0.6) is 0 Å². The first kappa shape index (κ1) is 15.0. The van der Waals surface area contributed by atoms with E-state index in [0.717, 1.165) is 5.56 Å². The monoisotopic (exact) mass is 307 g/mol. The van der Waals surface area contributed by atoms with Gasteiger partial charge in [-0.1, -0.05) is 30.3 Å². The van der Waals surface area contributed by atoms with Gasteiger partial charge >= 0.3 is 5.97 Å². The molecule has 1 aromatic carbocycles.